The lowest BCUT2D eigenvalue weighted by Gasteiger charge is -2.38. The summed E-state index contributed by atoms with van der Waals surface area (Å²) in [5, 5.41) is 11.1. The van der Waals surface area contributed by atoms with Gasteiger partial charge in [-0.2, -0.15) is 0 Å². The zero-order valence-corrected chi connectivity index (χ0v) is 14.5. The number of nitro benzene ring substituents is 1. The molecule has 0 radical (unpaired) electrons. The molecule has 0 N–H and O–H groups in total. The van der Waals surface area contributed by atoms with Crippen LogP contribution in [0, 0.1) is 17.0 Å². The molecule has 1 aromatic rings. The van der Waals surface area contributed by atoms with Gasteiger partial charge in [-0.05, 0) is 37.5 Å². The zero-order chi connectivity index (χ0) is 15.7. The lowest BCUT2D eigenvalue weighted by Crippen LogP contribution is -2.41. The van der Waals surface area contributed by atoms with E-state index in [0.717, 1.165) is 5.56 Å². The van der Waals surface area contributed by atoms with Gasteiger partial charge in [-0.15, -0.1) is 0 Å². The summed E-state index contributed by atoms with van der Waals surface area (Å²) in [7, 11) is -1.88. The van der Waals surface area contributed by atoms with Crippen LogP contribution >= 0.6 is 0 Å². The van der Waals surface area contributed by atoms with Crippen LogP contribution in [0.5, 0.6) is 0 Å². The Balaban J connectivity index is 3.02. The summed E-state index contributed by atoms with van der Waals surface area (Å²) < 4.78 is 6.28. The second-order valence-electron chi connectivity index (χ2n) is 6.82. The number of hydrogen-bond acceptors (Lipinski definition) is 3. The van der Waals surface area contributed by atoms with E-state index in [1.54, 1.807) is 19.1 Å². The second kappa shape index (κ2) is 5.66. The molecule has 5 heteroatoms. The van der Waals surface area contributed by atoms with E-state index >= 15 is 0 Å². The maximum atomic E-state index is 11.0. The van der Waals surface area contributed by atoms with Crippen molar-refractivity contribution in [2.24, 2.45) is 0 Å². The van der Waals surface area contributed by atoms with Crippen molar-refractivity contribution in [3.8, 4) is 0 Å². The molecule has 0 aliphatic carbocycles. The molecule has 4 nitrogen and oxygen atoms in total. The topological polar surface area (TPSA) is 52.4 Å². The van der Waals surface area contributed by atoms with Crippen LogP contribution in [0.1, 0.15) is 44.9 Å². The van der Waals surface area contributed by atoms with Gasteiger partial charge in [0, 0.05) is 11.6 Å². The molecule has 1 atom stereocenters. The molecule has 0 saturated carbocycles. The molecule has 0 aliphatic rings. The number of aryl methyl sites for hydroxylation is 1. The van der Waals surface area contributed by atoms with Gasteiger partial charge >= 0.3 is 0 Å². The van der Waals surface area contributed by atoms with Crippen molar-refractivity contribution in [1.82, 2.24) is 0 Å². The van der Waals surface area contributed by atoms with E-state index in [9.17, 15) is 10.1 Å². The Morgan fingerprint density at radius 3 is 2.30 bits per heavy atom. The average molecular weight is 295 g/mol. The zero-order valence-electron chi connectivity index (χ0n) is 13.5. The van der Waals surface area contributed by atoms with Crippen LogP contribution in [-0.2, 0) is 4.43 Å². The van der Waals surface area contributed by atoms with Crippen molar-refractivity contribution in [1.29, 1.82) is 0 Å². The van der Waals surface area contributed by atoms with Crippen molar-refractivity contribution in [3.63, 3.8) is 0 Å². The van der Waals surface area contributed by atoms with E-state index in [1.165, 1.54) is 0 Å². The van der Waals surface area contributed by atoms with E-state index < -0.39 is 8.32 Å². The van der Waals surface area contributed by atoms with E-state index in [-0.39, 0.29) is 21.8 Å². The summed E-state index contributed by atoms with van der Waals surface area (Å²) in [5.74, 6) is 0. The van der Waals surface area contributed by atoms with Crippen molar-refractivity contribution in [2.45, 2.75) is 58.9 Å². The average Bonchev–Trinajstić information content (AvgIpc) is 2.26. The number of nitro groups is 1. The monoisotopic (exact) mass is 295 g/mol. The van der Waals surface area contributed by atoms with E-state index in [1.807, 2.05) is 13.0 Å². The summed E-state index contributed by atoms with van der Waals surface area (Å²) in [4.78, 5) is 10.7. The summed E-state index contributed by atoms with van der Waals surface area (Å²) in [5.41, 5.74) is 1.71. The minimum Gasteiger partial charge on any atom is -0.410 e. The number of benzene rings is 1. The van der Waals surface area contributed by atoms with Gasteiger partial charge in [0.1, 0.15) is 0 Å². The first-order valence-electron chi connectivity index (χ1n) is 6.88. The molecule has 20 heavy (non-hydrogen) atoms. The molecule has 1 aromatic carbocycles. The highest BCUT2D eigenvalue weighted by molar-refractivity contribution is 6.74. The lowest BCUT2D eigenvalue weighted by atomic mass is 10.1. The Bertz CT molecular complexity index is 506. The van der Waals surface area contributed by atoms with Gasteiger partial charge in [0.15, 0.2) is 8.32 Å². The van der Waals surface area contributed by atoms with Crippen molar-refractivity contribution in [2.75, 3.05) is 0 Å². The first-order valence-corrected chi connectivity index (χ1v) is 9.79. The third-order valence-electron chi connectivity index (χ3n) is 4.18. The van der Waals surface area contributed by atoms with Crippen molar-refractivity contribution in [3.05, 3.63) is 39.4 Å². The van der Waals surface area contributed by atoms with Crippen LogP contribution < -0.4 is 0 Å². The number of hydrogen-bond donors (Lipinski definition) is 0. The fourth-order valence-electron chi connectivity index (χ4n) is 1.76. The van der Waals surface area contributed by atoms with Gasteiger partial charge < -0.3 is 4.43 Å². The minimum atomic E-state index is -1.88. The summed E-state index contributed by atoms with van der Waals surface area (Å²) in [6.45, 7) is 14.6. The fourth-order valence-corrected chi connectivity index (χ4v) is 3.14. The van der Waals surface area contributed by atoms with E-state index in [4.69, 9.17) is 4.43 Å². The van der Waals surface area contributed by atoms with Crippen LogP contribution in [0.4, 0.5) is 5.69 Å². The van der Waals surface area contributed by atoms with Crippen LogP contribution in [0.2, 0.25) is 18.1 Å². The van der Waals surface area contributed by atoms with Crippen LogP contribution in [0.15, 0.2) is 18.2 Å². The molecule has 0 spiro atoms. The SMILES string of the molecule is Cc1ccc(C(C)O[Si](C)(C)C(C)(C)C)cc1[N+](=O)[O-]. The maximum absolute atomic E-state index is 11.0. The first-order chi connectivity index (χ1) is 8.95. The van der Waals surface area contributed by atoms with Gasteiger partial charge in [0.25, 0.3) is 5.69 Å². The molecule has 0 fully saturated rings. The number of nitrogens with zero attached hydrogens (tertiary/aromatic N) is 1. The van der Waals surface area contributed by atoms with Gasteiger partial charge in [-0.1, -0.05) is 32.9 Å². The molecule has 112 valence electrons. The Morgan fingerprint density at radius 1 is 1.30 bits per heavy atom. The molecule has 0 saturated heterocycles. The van der Waals surface area contributed by atoms with Gasteiger partial charge in [0.05, 0.1) is 11.0 Å². The normalized spacial score (nSPS) is 14.2. The van der Waals surface area contributed by atoms with Gasteiger partial charge in [-0.25, -0.2) is 0 Å². The maximum Gasteiger partial charge on any atom is 0.272 e. The minimum absolute atomic E-state index is 0.123. The van der Waals surface area contributed by atoms with Crippen LogP contribution in [0.3, 0.4) is 0 Å². The fraction of sp³-hybridized carbons (Fsp3) is 0.600. The summed E-state index contributed by atoms with van der Waals surface area (Å²) in [6, 6.07) is 5.34. The van der Waals surface area contributed by atoms with E-state index in [2.05, 4.69) is 33.9 Å². The molecular formula is C15H25NO3Si. The second-order valence-corrected chi connectivity index (χ2v) is 11.6. The molecule has 1 rings (SSSR count). The lowest BCUT2D eigenvalue weighted by molar-refractivity contribution is -0.385. The Kier molecular flexibility index (Phi) is 4.76. The van der Waals surface area contributed by atoms with E-state index in [0.29, 0.717) is 5.56 Å². The molecule has 0 aliphatic heterocycles. The summed E-state index contributed by atoms with van der Waals surface area (Å²) in [6.07, 6.45) is -0.129. The highest BCUT2D eigenvalue weighted by atomic mass is 28.4. The molecule has 1 unspecified atom stereocenters. The van der Waals surface area contributed by atoms with Gasteiger partial charge in [-0.3, -0.25) is 10.1 Å². The predicted molar refractivity (Wildman–Crippen MR) is 84.5 cm³/mol. The first kappa shape index (κ1) is 16.9. The molecule has 0 aromatic heterocycles. The summed E-state index contributed by atoms with van der Waals surface area (Å²) >= 11 is 0. The number of rotatable bonds is 4. The molecule has 0 bridgehead atoms. The highest BCUT2D eigenvalue weighted by Gasteiger charge is 2.38. The van der Waals surface area contributed by atoms with Crippen LogP contribution in [-0.4, -0.2) is 13.2 Å². The predicted octanol–water partition coefficient (Wildman–Crippen LogP) is 4.99. The Morgan fingerprint density at radius 2 is 1.85 bits per heavy atom. The largest absolute Gasteiger partial charge is 0.410 e. The quantitative estimate of drug-likeness (QED) is 0.447. The molecule has 0 amide bonds. The smallest absolute Gasteiger partial charge is 0.272 e. The third kappa shape index (κ3) is 3.67. The third-order valence-corrected chi connectivity index (χ3v) is 8.73. The van der Waals surface area contributed by atoms with Crippen molar-refractivity contribution >= 4 is 14.0 Å². The standard InChI is InChI=1S/C15H25NO3Si/c1-11-8-9-13(10-14(11)16(17)18)12(2)19-20(6,7)15(3,4)5/h8-10,12H,1-7H3. The van der Waals surface area contributed by atoms with Gasteiger partial charge in [0.2, 0.25) is 0 Å². The Hall–Kier alpha value is -1.20. The highest BCUT2D eigenvalue weighted by Crippen LogP contribution is 2.40. The molecular weight excluding hydrogens is 270 g/mol. The van der Waals surface area contributed by atoms with Crippen molar-refractivity contribution < 1.29 is 9.35 Å². The Labute approximate surface area is 122 Å². The van der Waals surface area contributed by atoms with Crippen LogP contribution in [0.25, 0.3) is 0 Å². The molecule has 0 heterocycles.